The number of rotatable bonds is 7. The van der Waals surface area contributed by atoms with Crippen LogP contribution in [0, 0.1) is 6.92 Å². The molecule has 0 fully saturated rings. The van der Waals surface area contributed by atoms with Crippen molar-refractivity contribution in [1.29, 1.82) is 0 Å². The number of guanidine groups is 1. The first kappa shape index (κ1) is 22.1. The van der Waals surface area contributed by atoms with Crippen molar-refractivity contribution in [2.24, 2.45) is 4.99 Å². The summed E-state index contributed by atoms with van der Waals surface area (Å²) in [5.41, 5.74) is 4.89. The third-order valence-corrected chi connectivity index (χ3v) is 4.62. The normalized spacial score (nSPS) is 11.3. The molecule has 5 nitrogen and oxygen atoms in total. The minimum Gasteiger partial charge on any atom is -0.508 e. The van der Waals surface area contributed by atoms with E-state index in [9.17, 15) is 5.11 Å². The van der Waals surface area contributed by atoms with Crippen LogP contribution in [-0.4, -0.2) is 35.7 Å². The summed E-state index contributed by atoms with van der Waals surface area (Å²) < 4.78 is 0. The van der Waals surface area contributed by atoms with Crippen LogP contribution >= 0.6 is 24.0 Å². The number of phenolic OH excluding ortho intramolecular Hbond substituents is 1. The molecule has 3 aromatic rings. The highest BCUT2D eigenvalue weighted by Crippen LogP contribution is 2.21. The summed E-state index contributed by atoms with van der Waals surface area (Å²) in [6.07, 6.45) is 3.82. The van der Waals surface area contributed by atoms with Crippen LogP contribution in [0.1, 0.15) is 23.6 Å². The van der Waals surface area contributed by atoms with E-state index in [-0.39, 0.29) is 24.0 Å². The summed E-state index contributed by atoms with van der Waals surface area (Å²) in [6, 6.07) is 13.8. The lowest BCUT2D eigenvalue weighted by atomic mass is 10.1. The minimum atomic E-state index is 0. The predicted octanol–water partition coefficient (Wildman–Crippen LogP) is 4.14. The zero-order valence-electron chi connectivity index (χ0n) is 16.5. The van der Waals surface area contributed by atoms with E-state index >= 15 is 0 Å². The van der Waals surface area contributed by atoms with Gasteiger partial charge >= 0.3 is 0 Å². The lowest BCUT2D eigenvalue weighted by molar-refractivity contribution is 0.474. The number of nitrogens with one attached hydrogen (secondary N) is 3. The monoisotopic (exact) mass is 492 g/mol. The van der Waals surface area contributed by atoms with Gasteiger partial charge in [0.1, 0.15) is 5.75 Å². The molecule has 0 saturated heterocycles. The van der Waals surface area contributed by atoms with Gasteiger partial charge in [0, 0.05) is 36.7 Å². The summed E-state index contributed by atoms with van der Waals surface area (Å²) in [5.74, 6) is 1.13. The Morgan fingerprint density at radius 3 is 2.71 bits per heavy atom. The summed E-state index contributed by atoms with van der Waals surface area (Å²) in [5, 5.41) is 17.5. The van der Waals surface area contributed by atoms with Gasteiger partial charge < -0.3 is 20.7 Å². The van der Waals surface area contributed by atoms with Crippen molar-refractivity contribution < 1.29 is 5.11 Å². The van der Waals surface area contributed by atoms with Crippen LogP contribution in [0.5, 0.6) is 5.75 Å². The number of aromatic amines is 1. The summed E-state index contributed by atoms with van der Waals surface area (Å²) in [7, 11) is 0. The molecule has 4 N–H and O–H groups in total. The number of phenols is 1. The molecule has 0 radical (unpaired) electrons. The average Bonchev–Trinajstić information content (AvgIpc) is 3.06. The van der Waals surface area contributed by atoms with Crippen LogP contribution in [0.2, 0.25) is 0 Å². The fraction of sp³-hybridized carbons (Fsp3) is 0.318. The molecule has 1 aromatic heterocycles. The Hall–Kier alpha value is -2.22. The molecule has 0 spiro atoms. The van der Waals surface area contributed by atoms with E-state index in [2.05, 4.69) is 53.9 Å². The second-order valence-corrected chi connectivity index (χ2v) is 6.67. The van der Waals surface area contributed by atoms with Gasteiger partial charge in [0.25, 0.3) is 0 Å². The van der Waals surface area contributed by atoms with Gasteiger partial charge in [-0.05, 0) is 55.5 Å². The molecule has 6 heteroatoms. The standard InChI is InChI=1S/C22H28N4O.HI/c1-3-23-22(24-12-10-17-7-5-8-19(27)14-17)25-13-11-18-15-26-21-16(2)6-4-9-20(18)21;/h4-9,14-15,26-27H,3,10-13H2,1-2H3,(H2,23,24,25);1H. The third kappa shape index (κ3) is 5.89. The maximum atomic E-state index is 9.55. The van der Waals surface area contributed by atoms with Crippen LogP contribution in [0.4, 0.5) is 0 Å². The first-order valence-electron chi connectivity index (χ1n) is 9.53. The summed E-state index contributed by atoms with van der Waals surface area (Å²) >= 11 is 0. The van der Waals surface area contributed by atoms with E-state index in [1.165, 1.54) is 22.0 Å². The molecule has 0 bridgehead atoms. The van der Waals surface area contributed by atoms with E-state index in [0.29, 0.717) is 5.75 Å². The fourth-order valence-electron chi connectivity index (χ4n) is 3.24. The molecule has 150 valence electrons. The number of para-hydroxylation sites is 1. The topological polar surface area (TPSA) is 72.4 Å². The summed E-state index contributed by atoms with van der Waals surface area (Å²) in [6.45, 7) is 6.50. The molecule has 0 amide bonds. The van der Waals surface area contributed by atoms with E-state index in [1.807, 2.05) is 12.1 Å². The third-order valence-electron chi connectivity index (χ3n) is 4.62. The van der Waals surface area contributed by atoms with Gasteiger partial charge in [-0.15, -0.1) is 24.0 Å². The zero-order valence-corrected chi connectivity index (χ0v) is 18.8. The van der Waals surface area contributed by atoms with Gasteiger partial charge in [-0.1, -0.05) is 30.3 Å². The Morgan fingerprint density at radius 2 is 1.93 bits per heavy atom. The van der Waals surface area contributed by atoms with Gasteiger partial charge in [-0.25, -0.2) is 0 Å². The predicted molar refractivity (Wildman–Crippen MR) is 128 cm³/mol. The molecular weight excluding hydrogens is 463 g/mol. The van der Waals surface area contributed by atoms with Crippen LogP contribution in [-0.2, 0) is 12.8 Å². The number of fused-ring (bicyclic) bond motifs is 1. The van der Waals surface area contributed by atoms with Crippen molar-refractivity contribution in [1.82, 2.24) is 15.6 Å². The quantitative estimate of drug-likeness (QED) is 0.228. The summed E-state index contributed by atoms with van der Waals surface area (Å²) in [4.78, 5) is 8.07. The van der Waals surface area contributed by atoms with Crippen LogP contribution in [0.3, 0.4) is 0 Å². The number of hydrogen-bond donors (Lipinski definition) is 4. The Morgan fingerprint density at radius 1 is 1.11 bits per heavy atom. The maximum Gasteiger partial charge on any atom is 0.191 e. The Kier molecular flexibility index (Phi) is 8.63. The number of benzene rings is 2. The molecule has 2 aromatic carbocycles. The Bertz CT molecular complexity index is 920. The minimum absolute atomic E-state index is 0. The molecule has 0 aliphatic heterocycles. The first-order chi connectivity index (χ1) is 13.2. The van der Waals surface area contributed by atoms with Crippen LogP contribution < -0.4 is 10.6 Å². The van der Waals surface area contributed by atoms with Gasteiger partial charge in [-0.3, -0.25) is 4.99 Å². The van der Waals surface area contributed by atoms with Gasteiger partial charge in [-0.2, -0.15) is 0 Å². The first-order valence-corrected chi connectivity index (χ1v) is 9.53. The molecule has 0 atom stereocenters. The number of aliphatic imine (C=N–C) groups is 1. The number of halogens is 1. The average molecular weight is 492 g/mol. The largest absolute Gasteiger partial charge is 0.508 e. The molecule has 0 aliphatic rings. The van der Waals surface area contributed by atoms with Crippen LogP contribution in [0.25, 0.3) is 10.9 Å². The molecule has 0 aliphatic carbocycles. The molecular formula is C22H29IN4O. The molecule has 1 heterocycles. The van der Waals surface area contributed by atoms with E-state index in [1.54, 1.807) is 12.1 Å². The van der Waals surface area contributed by atoms with E-state index in [0.717, 1.165) is 44.0 Å². The number of H-pyrrole nitrogens is 1. The highest BCUT2D eigenvalue weighted by molar-refractivity contribution is 14.0. The van der Waals surface area contributed by atoms with E-state index < -0.39 is 0 Å². The Labute approximate surface area is 183 Å². The second kappa shape index (κ2) is 10.9. The van der Waals surface area contributed by atoms with Gasteiger partial charge in [0.05, 0.1) is 0 Å². The van der Waals surface area contributed by atoms with Crippen molar-refractivity contribution in [3.8, 4) is 5.75 Å². The van der Waals surface area contributed by atoms with Crippen molar-refractivity contribution >= 4 is 40.8 Å². The number of hydrogen-bond acceptors (Lipinski definition) is 2. The highest BCUT2D eigenvalue weighted by atomic mass is 127. The van der Waals surface area contributed by atoms with Crippen molar-refractivity contribution in [3.63, 3.8) is 0 Å². The number of aromatic hydroxyl groups is 1. The van der Waals surface area contributed by atoms with Crippen molar-refractivity contribution in [2.45, 2.75) is 26.7 Å². The van der Waals surface area contributed by atoms with Crippen molar-refractivity contribution in [2.75, 3.05) is 19.6 Å². The molecule has 3 rings (SSSR count). The molecule has 0 unspecified atom stereocenters. The fourth-order valence-corrected chi connectivity index (χ4v) is 3.24. The SMILES string of the molecule is CCNC(=NCCc1c[nH]c2c(C)cccc12)NCCc1cccc(O)c1.I. The van der Waals surface area contributed by atoms with Crippen LogP contribution in [0.15, 0.2) is 53.7 Å². The number of aromatic nitrogens is 1. The van der Waals surface area contributed by atoms with E-state index in [4.69, 9.17) is 4.99 Å². The van der Waals surface area contributed by atoms with Crippen molar-refractivity contribution in [3.05, 3.63) is 65.4 Å². The lowest BCUT2D eigenvalue weighted by Gasteiger charge is -2.11. The van der Waals surface area contributed by atoms with Gasteiger partial charge in [0.2, 0.25) is 0 Å². The maximum absolute atomic E-state index is 9.55. The zero-order chi connectivity index (χ0) is 19.1. The molecule has 28 heavy (non-hydrogen) atoms. The van der Waals surface area contributed by atoms with Gasteiger partial charge in [0.15, 0.2) is 5.96 Å². The Balaban J connectivity index is 0.00000280. The number of nitrogens with zero attached hydrogens (tertiary/aromatic N) is 1. The lowest BCUT2D eigenvalue weighted by Crippen LogP contribution is -2.38. The molecule has 0 saturated carbocycles. The second-order valence-electron chi connectivity index (χ2n) is 6.67. The number of aryl methyl sites for hydroxylation is 1. The highest BCUT2D eigenvalue weighted by Gasteiger charge is 2.05. The smallest absolute Gasteiger partial charge is 0.191 e.